The average molecular weight is 817 g/mol. The first-order valence-electron chi connectivity index (χ1n) is 20.9. The number of hydrogen-bond donors (Lipinski definition) is 4. The highest BCUT2D eigenvalue weighted by Gasteiger charge is 2.56. The number of carbonyl (C=O) groups is 4. The van der Waals surface area contributed by atoms with Crippen LogP contribution in [0.5, 0.6) is 0 Å². The largest absolute Gasteiger partial charge is 0.453 e. The van der Waals surface area contributed by atoms with Crippen molar-refractivity contribution < 1.29 is 33.4 Å². The summed E-state index contributed by atoms with van der Waals surface area (Å²) in [6.07, 6.45) is 4.60. The van der Waals surface area contributed by atoms with Gasteiger partial charge in [-0.3, -0.25) is 9.59 Å². The number of carbonyl (C=O) groups excluding carboxylic acids is 4. The highest BCUT2D eigenvalue weighted by Crippen LogP contribution is 2.54. The number of imidazole rings is 2. The number of ether oxygens (including phenoxy) is 3. The van der Waals surface area contributed by atoms with E-state index < -0.39 is 30.4 Å². The molecule has 4 aliphatic rings. The fraction of sp³-hybridized carbons (Fsp3) is 0.467. The molecule has 9 atom stereocenters. The SMILES string of the molecule is COC(=O)N[C@H](C(=O)N1[C@@H]2C[C@@H]2C[C@H]1c1nc2c(ccc3cc(-c4ccc(-c5cnc([C@@H]6[C@H]7CC[C@H](C7)N6C(=O)[C@@H](NC(=O)OC)[C@@H](C)OC)[nH]5)cc4)ccc32)[nH]1)C(C)C. The van der Waals surface area contributed by atoms with Gasteiger partial charge in [0.2, 0.25) is 11.8 Å². The lowest BCUT2D eigenvalue weighted by Crippen LogP contribution is -2.56. The zero-order valence-electron chi connectivity index (χ0n) is 34.7. The first-order valence-corrected chi connectivity index (χ1v) is 20.9. The van der Waals surface area contributed by atoms with Gasteiger partial charge in [-0.05, 0) is 91.0 Å². The number of nitrogens with one attached hydrogen (secondary N) is 4. The van der Waals surface area contributed by atoms with Crippen LogP contribution in [-0.4, -0.2) is 105 Å². The Morgan fingerprint density at radius 3 is 2.17 bits per heavy atom. The summed E-state index contributed by atoms with van der Waals surface area (Å²) in [6, 6.07) is 17.1. The maximum Gasteiger partial charge on any atom is 0.407 e. The summed E-state index contributed by atoms with van der Waals surface area (Å²) in [5.41, 5.74) is 5.73. The van der Waals surface area contributed by atoms with Crippen molar-refractivity contribution in [2.75, 3.05) is 21.3 Å². The van der Waals surface area contributed by atoms with E-state index in [9.17, 15) is 19.2 Å². The molecule has 2 aromatic heterocycles. The molecule has 9 rings (SSSR count). The number of hydrogen-bond acceptors (Lipinski definition) is 9. The van der Waals surface area contributed by atoms with Crippen molar-refractivity contribution in [2.24, 2.45) is 17.8 Å². The first kappa shape index (κ1) is 39.5. The molecule has 2 aliphatic heterocycles. The van der Waals surface area contributed by atoms with Gasteiger partial charge in [-0.15, -0.1) is 0 Å². The number of fused-ring (bicyclic) bond motifs is 6. The molecule has 15 nitrogen and oxygen atoms in total. The third-order valence-corrected chi connectivity index (χ3v) is 13.4. The molecule has 0 spiro atoms. The second-order valence-corrected chi connectivity index (χ2v) is 17.2. The summed E-state index contributed by atoms with van der Waals surface area (Å²) in [4.78, 5) is 73.1. The van der Waals surface area contributed by atoms with Crippen LogP contribution in [0.25, 0.3) is 44.2 Å². The molecule has 2 saturated carbocycles. The van der Waals surface area contributed by atoms with Crippen LogP contribution in [0.1, 0.15) is 76.6 Å². The maximum absolute atomic E-state index is 14.0. The number of likely N-dealkylation sites (tertiary alicyclic amines) is 2. The van der Waals surface area contributed by atoms with Crippen LogP contribution in [0.2, 0.25) is 0 Å². The molecule has 15 heteroatoms. The van der Waals surface area contributed by atoms with E-state index in [1.807, 2.05) is 35.9 Å². The monoisotopic (exact) mass is 816 g/mol. The molecular weight excluding hydrogens is 765 g/mol. The van der Waals surface area contributed by atoms with Crippen LogP contribution in [-0.2, 0) is 23.8 Å². The van der Waals surface area contributed by atoms with E-state index >= 15 is 0 Å². The molecule has 2 aliphatic carbocycles. The molecule has 5 aromatic rings. The molecule has 0 radical (unpaired) electrons. The Labute approximate surface area is 347 Å². The van der Waals surface area contributed by atoms with Crippen LogP contribution in [0.15, 0.2) is 60.8 Å². The number of rotatable bonds is 11. The van der Waals surface area contributed by atoms with Crippen molar-refractivity contribution >= 4 is 45.8 Å². The number of aromatic nitrogens is 4. The normalized spacial score (nSPS) is 24.4. The predicted molar refractivity (Wildman–Crippen MR) is 223 cm³/mol. The molecule has 2 bridgehead atoms. The quantitative estimate of drug-likeness (QED) is 0.114. The number of piperidine rings is 2. The molecule has 2 saturated heterocycles. The minimum atomic E-state index is -0.892. The van der Waals surface area contributed by atoms with Gasteiger partial charge in [0, 0.05) is 24.6 Å². The Morgan fingerprint density at radius 2 is 1.45 bits per heavy atom. The third kappa shape index (κ3) is 6.91. The Morgan fingerprint density at radius 1 is 0.750 bits per heavy atom. The van der Waals surface area contributed by atoms with Crippen LogP contribution >= 0.6 is 0 Å². The van der Waals surface area contributed by atoms with Gasteiger partial charge in [-0.2, -0.15) is 0 Å². The number of nitrogens with zero attached hydrogens (tertiary/aromatic N) is 4. The number of aromatic amines is 2. The highest BCUT2D eigenvalue weighted by molar-refractivity contribution is 6.05. The Kier molecular flexibility index (Phi) is 10.3. The van der Waals surface area contributed by atoms with E-state index in [2.05, 4.69) is 69.1 Å². The summed E-state index contributed by atoms with van der Waals surface area (Å²) in [5, 5.41) is 7.51. The van der Waals surface area contributed by atoms with Gasteiger partial charge < -0.3 is 44.6 Å². The van der Waals surface area contributed by atoms with E-state index in [1.54, 1.807) is 6.92 Å². The van der Waals surface area contributed by atoms with Crippen molar-refractivity contribution in [1.82, 2.24) is 40.4 Å². The number of benzene rings is 3. The fourth-order valence-corrected chi connectivity index (χ4v) is 10.0. The van der Waals surface area contributed by atoms with Crippen LogP contribution in [0, 0.1) is 17.8 Å². The fourth-order valence-electron chi connectivity index (χ4n) is 10.0. The molecule has 4 fully saturated rings. The molecule has 3 aromatic carbocycles. The second kappa shape index (κ2) is 15.6. The second-order valence-electron chi connectivity index (χ2n) is 17.2. The Hall–Kier alpha value is -5.96. The zero-order chi connectivity index (χ0) is 42.0. The van der Waals surface area contributed by atoms with Gasteiger partial charge >= 0.3 is 12.2 Å². The molecular formula is C45H52N8O7. The number of alkyl carbamates (subject to hydrolysis) is 2. The smallest absolute Gasteiger partial charge is 0.407 e. The number of H-pyrrole nitrogens is 2. The summed E-state index contributed by atoms with van der Waals surface area (Å²) < 4.78 is 15.1. The number of methoxy groups -OCH3 is 3. The van der Waals surface area contributed by atoms with E-state index in [0.717, 1.165) is 87.9 Å². The van der Waals surface area contributed by atoms with Gasteiger partial charge in [0.25, 0.3) is 0 Å². The van der Waals surface area contributed by atoms with Gasteiger partial charge in [0.15, 0.2) is 0 Å². The molecule has 4 heterocycles. The minimum absolute atomic E-state index is 0.0686. The average Bonchev–Trinajstić information content (AvgIpc) is 3.88. The highest BCUT2D eigenvalue weighted by atomic mass is 16.5. The Balaban J connectivity index is 0.930. The standard InChI is InChI=1S/C45H52N8O7/c1-22(2)36(50-44(56)59-5)42(54)53-34-19-29(34)20-35(53)40-47-32-16-13-27-17-26(12-15-31(27)38(32)49-40)24-7-9-25(10-8-24)33-21-46-41(48-33)39-28-11-14-30(18-28)52(39)43(55)37(23(3)58-4)51-45(57)60-6/h7-10,12-13,15-17,21-23,28-30,34-37,39H,11,14,18-20H2,1-6H3,(H,46,48)(H,47,49)(H,50,56)(H,51,57)/t23-,28+,29-,30-,34-,35+,36+,37+,39+/m1/s1. The lowest BCUT2D eigenvalue weighted by molar-refractivity contribution is -0.141. The first-order chi connectivity index (χ1) is 29.0. The molecule has 60 heavy (non-hydrogen) atoms. The summed E-state index contributed by atoms with van der Waals surface area (Å²) in [5.74, 6) is 1.79. The molecule has 314 valence electrons. The molecule has 4 amide bonds. The van der Waals surface area contributed by atoms with E-state index in [4.69, 9.17) is 24.2 Å². The minimum Gasteiger partial charge on any atom is -0.453 e. The van der Waals surface area contributed by atoms with Crippen LogP contribution < -0.4 is 10.6 Å². The van der Waals surface area contributed by atoms with Crippen LogP contribution in [0.3, 0.4) is 0 Å². The van der Waals surface area contributed by atoms with E-state index in [-0.39, 0.29) is 47.8 Å². The van der Waals surface area contributed by atoms with Crippen molar-refractivity contribution in [2.45, 2.75) is 95.2 Å². The van der Waals surface area contributed by atoms with Gasteiger partial charge in [-0.25, -0.2) is 19.6 Å². The number of amides is 4. The van der Waals surface area contributed by atoms with Gasteiger partial charge in [-0.1, -0.05) is 56.3 Å². The van der Waals surface area contributed by atoms with Crippen molar-refractivity contribution in [1.29, 1.82) is 0 Å². The van der Waals surface area contributed by atoms with Crippen molar-refractivity contribution in [3.63, 3.8) is 0 Å². The van der Waals surface area contributed by atoms with Gasteiger partial charge in [0.05, 0.1) is 55.3 Å². The maximum atomic E-state index is 14.0. The summed E-state index contributed by atoms with van der Waals surface area (Å²) in [6.45, 7) is 5.61. The topological polar surface area (TPSA) is 184 Å². The lowest BCUT2D eigenvalue weighted by atomic mass is 9.97. The summed E-state index contributed by atoms with van der Waals surface area (Å²) in [7, 11) is 4.10. The van der Waals surface area contributed by atoms with Gasteiger partial charge in [0.1, 0.15) is 23.7 Å². The van der Waals surface area contributed by atoms with E-state index in [1.165, 1.54) is 21.3 Å². The molecule has 4 N–H and O–H groups in total. The third-order valence-electron chi connectivity index (χ3n) is 13.4. The van der Waals surface area contributed by atoms with E-state index in [0.29, 0.717) is 5.92 Å². The van der Waals surface area contributed by atoms with Crippen molar-refractivity contribution in [3.05, 3.63) is 72.4 Å². The van der Waals surface area contributed by atoms with Crippen molar-refractivity contribution in [3.8, 4) is 22.4 Å². The molecule has 0 unspecified atom stereocenters. The summed E-state index contributed by atoms with van der Waals surface area (Å²) >= 11 is 0. The van der Waals surface area contributed by atoms with Crippen LogP contribution in [0.4, 0.5) is 9.59 Å². The predicted octanol–water partition coefficient (Wildman–Crippen LogP) is 6.63. The lowest BCUT2D eigenvalue weighted by Gasteiger charge is -2.37. The Bertz CT molecular complexity index is 2460. The zero-order valence-corrected chi connectivity index (χ0v) is 34.7.